The van der Waals surface area contributed by atoms with Crippen LogP contribution in [-0.4, -0.2) is 52.9 Å². The van der Waals surface area contributed by atoms with Crippen molar-refractivity contribution in [3.8, 4) is 0 Å². The van der Waals surface area contributed by atoms with Crippen molar-refractivity contribution < 1.29 is 15.0 Å². The first-order valence-corrected chi connectivity index (χ1v) is 8.94. The van der Waals surface area contributed by atoms with Gasteiger partial charge in [0, 0.05) is 25.9 Å². The van der Waals surface area contributed by atoms with Crippen LogP contribution in [0.1, 0.15) is 16.7 Å². The molecule has 1 aliphatic carbocycles. The summed E-state index contributed by atoms with van der Waals surface area (Å²) in [5.74, 6) is -0.111. The molecule has 26 heavy (non-hydrogen) atoms. The lowest BCUT2D eigenvalue weighted by Crippen LogP contribution is -2.59. The van der Waals surface area contributed by atoms with Crippen LogP contribution in [0.5, 0.6) is 0 Å². The van der Waals surface area contributed by atoms with Gasteiger partial charge in [-0.05, 0) is 23.7 Å². The van der Waals surface area contributed by atoms with Gasteiger partial charge in [0.2, 0.25) is 5.91 Å². The van der Waals surface area contributed by atoms with Crippen LogP contribution in [-0.2, 0) is 24.2 Å². The van der Waals surface area contributed by atoms with Crippen LogP contribution in [0.25, 0.3) is 0 Å². The van der Waals surface area contributed by atoms with Crippen LogP contribution in [0, 0.1) is 0 Å². The van der Waals surface area contributed by atoms with Crippen LogP contribution in [0.3, 0.4) is 0 Å². The summed E-state index contributed by atoms with van der Waals surface area (Å²) in [6, 6.07) is 18.2. The third-order valence-electron chi connectivity index (χ3n) is 5.21. The van der Waals surface area contributed by atoms with E-state index in [-0.39, 0.29) is 19.1 Å². The molecule has 138 valence electrons. The number of carbonyl (C=O) groups is 1. The number of nitrogens with zero attached hydrogens (tertiary/aromatic N) is 1. The summed E-state index contributed by atoms with van der Waals surface area (Å²) in [6.45, 7) is 0.338. The molecule has 0 unspecified atom stereocenters. The number of fused-ring (bicyclic) bond motifs is 1. The van der Waals surface area contributed by atoms with Gasteiger partial charge >= 0.3 is 0 Å². The highest BCUT2D eigenvalue weighted by Crippen LogP contribution is 2.35. The number of carbonyl (C=O) groups excluding carboxylic acids is 1. The first kappa shape index (κ1) is 18.6. The standard InChI is InChI=1S/C21H26N2O3/c1-23(14-16-7-3-2-4-8-16)21(20(26)22-13-19(25)15-24)11-17-9-5-6-10-18(17)12-21/h2-10,19,24-25H,11-15H2,1H3,(H,22,26)/t19-/m1/s1. The van der Waals surface area contributed by atoms with E-state index >= 15 is 0 Å². The lowest BCUT2D eigenvalue weighted by molar-refractivity contribution is -0.133. The fourth-order valence-corrected chi connectivity index (χ4v) is 3.65. The predicted molar refractivity (Wildman–Crippen MR) is 101 cm³/mol. The number of amides is 1. The summed E-state index contributed by atoms with van der Waals surface area (Å²) in [5, 5.41) is 21.4. The molecule has 0 heterocycles. The van der Waals surface area contributed by atoms with Crippen molar-refractivity contribution in [1.82, 2.24) is 10.2 Å². The number of aliphatic hydroxyl groups excluding tert-OH is 2. The molecule has 3 rings (SSSR count). The molecular weight excluding hydrogens is 328 g/mol. The topological polar surface area (TPSA) is 72.8 Å². The lowest BCUT2D eigenvalue weighted by atomic mass is 9.91. The van der Waals surface area contributed by atoms with Crippen molar-refractivity contribution in [3.63, 3.8) is 0 Å². The molecule has 0 saturated carbocycles. The Morgan fingerprint density at radius 2 is 1.69 bits per heavy atom. The monoisotopic (exact) mass is 354 g/mol. The normalized spacial score (nSPS) is 16.3. The summed E-state index contributed by atoms with van der Waals surface area (Å²) in [5.41, 5.74) is 2.82. The second-order valence-electron chi connectivity index (χ2n) is 7.04. The fourth-order valence-electron chi connectivity index (χ4n) is 3.65. The van der Waals surface area contributed by atoms with Crippen LogP contribution in [0.4, 0.5) is 0 Å². The Kier molecular flexibility index (Phi) is 5.71. The minimum atomic E-state index is -0.945. The molecule has 2 aromatic rings. The SMILES string of the molecule is CN(Cc1ccccc1)C1(C(=O)NC[C@@H](O)CO)Cc2ccccc2C1. The average molecular weight is 354 g/mol. The second kappa shape index (κ2) is 7.99. The molecule has 0 aromatic heterocycles. The lowest BCUT2D eigenvalue weighted by Gasteiger charge is -2.37. The van der Waals surface area contributed by atoms with E-state index in [1.165, 1.54) is 11.1 Å². The fraction of sp³-hybridized carbons (Fsp3) is 0.381. The van der Waals surface area contributed by atoms with E-state index in [0.717, 1.165) is 5.56 Å². The molecule has 0 fully saturated rings. The Hall–Kier alpha value is -2.21. The van der Waals surface area contributed by atoms with Crippen LogP contribution >= 0.6 is 0 Å². The molecule has 0 bridgehead atoms. The van der Waals surface area contributed by atoms with Gasteiger partial charge in [-0.3, -0.25) is 9.69 Å². The maximum Gasteiger partial charge on any atom is 0.241 e. The van der Waals surface area contributed by atoms with E-state index in [9.17, 15) is 9.90 Å². The Morgan fingerprint density at radius 3 is 2.27 bits per heavy atom. The second-order valence-corrected chi connectivity index (χ2v) is 7.04. The maximum absolute atomic E-state index is 13.1. The van der Waals surface area contributed by atoms with Gasteiger partial charge in [-0.15, -0.1) is 0 Å². The van der Waals surface area contributed by atoms with E-state index in [0.29, 0.717) is 19.4 Å². The number of benzene rings is 2. The number of nitrogens with one attached hydrogen (secondary N) is 1. The van der Waals surface area contributed by atoms with Crippen molar-refractivity contribution >= 4 is 5.91 Å². The molecule has 2 aromatic carbocycles. The van der Waals surface area contributed by atoms with Crippen molar-refractivity contribution in [2.45, 2.75) is 31.0 Å². The van der Waals surface area contributed by atoms with E-state index in [1.54, 1.807) is 0 Å². The molecule has 0 saturated heterocycles. The van der Waals surface area contributed by atoms with Crippen molar-refractivity contribution in [3.05, 3.63) is 71.3 Å². The largest absolute Gasteiger partial charge is 0.394 e. The van der Waals surface area contributed by atoms with Crippen LogP contribution in [0.15, 0.2) is 54.6 Å². The predicted octanol–water partition coefficient (Wildman–Crippen LogP) is 1.13. The minimum Gasteiger partial charge on any atom is -0.394 e. The highest BCUT2D eigenvalue weighted by atomic mass is 16.3. The summed E-state index contributed by atoms with van der Waals surface area (Å²) in [7, 11) is 1.97. The molecule has 3 N–H and O–H groups in total. The van der Waals surface area contributed by atoms with Crippen LogP contribution < -0.4 is 5.32 Å². The van der Waals surface area contributed by atoms with Crippen molar-refractivity contribution in [2.75, 3.05) is 20.2 Å². The Bertz CT molecular complexity index is 723. The highest BCUT2D eigenvalue weighted by Gasteiger charge is 2.46. The molecule has 1 aliphatic rings. The average Bonchev–Trinajstić information content (AvgIpc) is 3.07. The summed E-state index contributed by atoms with van der Waals surface area (Å²) >= 11 is 0. The van der Waals surface area contributed by atoms with Gasteiger partial charge in [0.05, 0.1) is 12.7 Å². The number of likely N-dealkylation sites (N-methyl/N-ethyl adjacent to an activating group) is 1. The minimum absolute atomic E-state index is 0.0482. The third kappa shape index (κ3) is 3.80. The van der Waals surface area contributed by atoms with E-state index in [1.807, 2.05) is 37.4 Å². The highest BCUT2D eigenvalue weighted by molar-refractivity contribution is 5.88. The number of hydrogen-bond acceptors (Lipinski definition) is 4. The van der Waals surface area contributed by atoms with Crippen molar-refractivity contribution in [1.29, 1.82) is 0 Å². The third-order valence-corrected chi connectivity index (χ3v) is 5.21. The Balaban J connectivity index is 1.84. The summed E-state index contributed by atoms with van der Waals surface area (Å²) in [6.07, 6.45) is 0.320. The van der Waals surface area contributed by atoms with E-state index < -0.39 is 11.6 Å². The molecule has 0 radical (unpaired) electrons. The van der Waals surface area contributed by atoms with Gasteiger partial charge in [-0.25, -0.2) is 0 Å². The van der Waals surface area contributed by atoms with Gasteiger partial charge in [0.1, 0.15) is 5.54 Å². The van der Waals surface area contributed by atoms with Gasteiger partial charge in [0.25, 0.3) is 0 Å². The quantitative estimate of drug-likeness (QED) is 0.697. The molecule has 0 spiro atoms. The van der Waals surface area contributed by atoms with Crippen molar-refractivity contribution in [2.24, 2.45) is 0 Å². The molecule has 1 amide bonds. The van der Waals surface area contributed by atoms with Gasteiger partial charge < -0.3 is 15.5 Å². The van der Waals surface area contributed by atoms with Gasteiger partial charge in [-0.2, -0.15) is 0 Å². The number of aliphatic hydroxyl groups is 2. The molecule has 5 nitrogen and oxygen atoms in total. The van der Waals surface area contributed by atoms with E-state index in [2.05, 4.69) is 34.5 Å². The first-order chi connectivity index (χ1) is 12.5. The molecule has 0 aliphatic heterocycles. The van der Waals surface area contributed by atoms with Gasteiger partial charge in [0.15, 0.2) is 0 Å². The maximum atomic E-state index is 13.1. The Morgan fingerprint density at radius 1 is 1.12 bits per heavy atom. The van der Waals surface area contributed by atoms with E-state index in [4.69, 9.17) is 5.11 Å². The molecule has 1 atom stereocenters. The van der Waals surface area contributed by atoms with Crippen LogP contribution in [0.2, 0.25) is 0 Å². The Labute approximate surface area is 154 Å². The zero-order valence-electron chi connectivity index (χ0n) is 15.1. The number of hydrogen-bond donors (Lipinski definition) is 3. The summed E-state index contributed by atoms with van der Waals surface area (Å²) < 4.78 is 0. The number of rotatable bonds is 7. The zero-order valence-corrected chi connectivity index (χ0v) is 15.1. The molecule has 5 heteroatoms. The first-order valence-electron chi connectivity index (χ1n) is 8.94. The summed E-state index contributed by atoms with van der Waals surface area (Å²) in [4.78, 5) is 15.2. The van der Waals surface area contributed by atoms with Gasteiger partial charge in [-0.1, -0.05) is 54.6 Å². The molecular formula is C21H26N2O3. The smallest absolute Gasteiger partial charge is 0.241 e. The zero-order chi connectivity index (χ0) is 18.6.